The summed E-state index contributed by atoms with van der Waals surface area (Å²) in [6.07, 6.45) is 0. The molecule has 0 saturated carbocycles. The summed E-state index contributed by atoms with van der Waals surface area (Å²) in [5.74, 6) is 0.311. The van der Waals surface area contributed by atoms with Crippen molar-refractivity contribution in [3.63, 3.8) is 0 Å². The van der Waals surface area contributed by atoms with Crippen LogP contribution in [0.4, 0.5) is 14.9 Å². The first kappa shape index (κ1) is 23.9. The van der Waals surface area contributed by atoms with Gasteiger partial charge in [-0.3, -0.25) is 4.79 Å². The van der Waals surface area contributed by atoms with Crippen molar-refractivity contribution in [2.75, 3.05) is 32.1 Å². The van der Waals surface area contributed by atoms with Gasteiger partial charge in [0, 0.05) is 49.4 Å². The summed E-state index contributed by atoms with van der Waals surface area (Å²) in [6, 6.07) is 17.1. The number of urea groups is 1. The molecule has 2 aromatic heterocycles. The molecular formula is C27H27FN4O3S. The van der Waals surface area contributed by atoms with Gasteiger partial charge < -0.3 is 24.4 Å². The fourth-order valence-corrected chi connectivity index (χ4v) is 5.48. The third-order valence-corrected chi connectivity index (χ3v) is 7.42. The number of benzene rings is 2. The molecule has 1 aliphatic heterocycles. The molecule has 36 heavy (non-hydrogen) atoms. The smallest absolute Gasteiger partial charge is 0.322 e. The molecule has 5 rings (SSSR count). The van der Waals surface area contributed by atoms with Gasteiger partial charge in [0.15, 0.2) is 0 Å². The Kier molecular flexibility index (Phi) is 6.65. The average molecular weight is 507 g/mol. The van der Waals surface area contributed by atoms with Crippen molar-refractivity contribution in [1.29, 1.82) is 0 Å². The van der Waals surface area contributed by atoms with Crippen LogP contribution in [0.2, 0.25) is 0 Å². The van der Waals surface area contributed by atoms with E-state index in [0.29, 0.717) is 43.3 Å². The van der Waals surface area contributed by atoms with Gasteiger partial charge >= 0.3 is 6.03 Å². The molecule has 186 valence electrons. The highest BCUT2D eigenvalue weighted by atomic mass is 32.1. The molecule has 3 amide bonds. The molecule has 1 aliphatic rings. The molecular weight excluding hydrogens is 479 g/mol. The molecule has 0 radical (unpaired) electrons. The number of carbonyl (C=O) groups is 2. The molecule has 1 saturated heterocycles. The third-order valence-electron chi connectivity index (χ3n) is 6.47. The number of piperazine rings is 1. The summed E-state index contributed by atoms with van der Waals surface area (Å²) in [4.78, 5) is 31.1. The molecule has 0 bridgehead atoms. The summed E-state index contributed by atoms with van der Waals surface area (Å²) in [7, 11) is 1.58. The van der Waals surface area contributed by atoms with E-state index in [1.165, 1.54) is 12.1 Å². The Morgan fingerprint density at radius 2 is 1.92 bits per heavy atom. The van der Waals surface area contributed by atoms with Crippen molar-refractivity contribution < 1.29 is 18.7 Å². The van der Waals surface area contributed by atoms with Gasteiger partial charge in [-0.05, 0) is 54.3 Å². The first-order valence-corrected chi connectivity index (χ1v) is 12.6. The number of methoxy groups -OCH3 is 1. The van der Waals surface area contributed by atoms with E-state index >= 15 is 0 Å². The number of hydrogen-bond donors (Lipinski definition) is 1. The lowest BCUT2D eigenvalue weighted by Crippen LogP contribution is -2.56. The van der Waals surface area contributed by atoms with Gasteiger partial charge in [0.1, 0.15) is 22.1 Å². The Hall–Kier alpha value is -3.85. The minimum Gasteiger partial charge on any atom is -0.497 e. The zero-order valence-corrected chi connectivity index (χ0v) is 20.9. The number of nitrogens with zero attached hydrogens (tertiary/aromatic N) is 3. The van der Waals surface area contributed by atoms with Crippen molar-refractivity contribution in [1.82, 2.24) is 14.4 Å². The maximum Gasteiger partial charge on any atom is 0.322 e. The lowest BCUT2D eigenvalue weighted by Gasteiger charge is -2.39. The number of halogens is 1. The highest BCUT2D eigenvalue weighted by molar-refractivity contribution is 7.16. The van der Waals surface area contributed by atoms with Gasteiger partial charge in [0.2, 0.25) is 0 Å². The zero-order valence-electron chi connectivity index (χ0n) is 20.1. The maximum absolute atomic E-state index is 13.6. The Morgan fingerprint density at radius 3 is 2.67 bits per heavy atom. The number of anilines is 1. The quantitative estimate of drug-likeness (QED) is 0.401. The molecule has 4 aromatic rings. The van der Waals surface area contributed by atoms with Crippen molar-refractivity contribution in [2.45, 2.75) is 19.5 Å². The number of rotatable bonds is 5. The number of thiophene rings is 1. The molecule has 1 fully saturated rings. The van der Waals surface area contributed by atoms with Gasteiger partial charge in [0.05, 0.1) is 7.11 Å². The predicted molar refractivity (Wildman–Crippen MR) is 139 cm³/mol. The van der Waals surface area contributed by atoms with Crippen molar-refractivity contribution >= 4 is 39.2 Å². The lowest BCUT2D eigenvalue weighted by molar-refractivity contribution is 0.0583. The fraction of sp³-hybridized carbons (Fsp3) is 0.259. The Morgan fingerprint density at radius 1 is 1.11 bits per heavy atom. The number of fused-ring (bicyclic) bond motifs is 1. The average Bonchev–Trinajstić information content (AvgIpc) is 3.47. The molecule has 0 spiro atoms. The minimum absolute atomic E-state index is 0.0692. The highest BCUT2D eigenvalue weighted by Crippen LogP contribution is 2.28. The van der Waals surface area contributed by atoms with E-state index in [9.17, 15) is 14.0 Å². The molecule has 0 aliphatic carbocycles. The molecule has 1 unspecified atom stereocenters. The van der Waals surface area contributed by atoms with Crippen molar-refractivity contribution in [3.8, 4) is 5.75 Å². The predicted octanol–water partition coefficient (Wildman–Crippen LogP) is 5.28. The number of ether oxygens (including phenoxy) is 1. The second kappa shape index (κ2) is 10.0. The van der Waals surface area contributed by atoms with Crippen molar-refractivity contribution in [3.05, 3.63) is 83.1 Å². The van der Waals surface area contributed by atoms with Crippen LogP contribution in [-0.4, -0.2) is 59.1 Å². The van der Waals surface area contributed by atoms with E-state index in [2.05, 4.69) is 5.32 Å². The fourth-order valence-electron chi connectivity index (χ4n) is 4.58. The third kappa shape index (κ3) is 4.79. The van der Waals surface area contributed by atoms with E-state index in [1.54, 1.807) is 46.4 Å². The largest absolute Gasteiger partial charge is 0.497 e. The number of carbonyl (C=O) groups excluding carboxylic acids is 2. The van der Waals surface area contributed by atoms with Crippen LogP contribution >= 0.6 is 11.3 Å². The summed E-state index contributed by atoms with van der Waals surface area (Å²) in [5, 5.41) is 5.93. The second-order valence-electron chi connectivity index (χ2n) is 8.88. The Bertz CT molecular complexity index is 1400. The summed E-state index contributed by atoms with van der Waals surface area (Å²) in [5.41, 5.74) is 2.18. The van der Waals surface area contributed by atoms with E-state index < -0.39 is 0 Å². The normalized spacial score (nSPS) is 15.8. The van der Waals surface area contributed by atoms with Crippen LogP contribution in [0.25, 0.3) is 10.2 Å². The SMILES string of the molecule is COc1cccc(NC(=O)N2CCN(C(=O)c3cc4ccsc4n3Cc3ccc(F)cc3)CC2C)c1. The minimum atomic E-state index is -0.286. The van der Waals surface area contributed by atoms with E-state index in [4.69, 9.17) is 4.74 Å². The van der Waals surface area contributed by atoms with E-state index in [-0.39, 0.29) is 23.8 Å². The van der Waals surface area contributed by atoms with Crippen LogP contribution in [0.5, 0.6) is 5.75 Å². The monoisotopic (exact) mass is 506 g/mol. The molecule has 2 aromatic carbocycles. The van der Waals surface area contributed by atoms with Gasteiger partial charge in [0.25, 0.3) is 5.91 Å². The summed E-state index contributed by atoms with van der Waals surface area (Å²) in [6.45, 7) is 3.71. The molecule has 1 N–H and O–H groups in total. The molecule has 3 heterocycles. The van der Waals surface area contributed by atoms with Crippen LogP contribution < -0.4 is 10.1 Å². The van der Waals surface area contributed by atoms with Crippen LogP contribution in [0.1, 0.15) is 23.0 Å². The number of amides is 3. The molecule has 1 atom stereocenters. The zero-order chi connectivity index (χ0) is 25.2. The van der Waals surface area contributed by atoms with Crippen LogP contribution in [0, 0.1) is 5.82 Å². The van der Waals surface area contributed by atoms with Gasteiger partial charge in [-0.15, -0.1) is 11.3 Å². The van der Waals surface area contributed by atoms with Crippen LogP contribution in [0.3, 0.4) is 0 Å². The summed E-state index contributed by atoms with van der Waals surface area (Å²) >= 11 is 1.58. The van der Waals surface area contributed by atoms with Gasteiger partial charge in [-0.1, -0.05) is 18.2 Å². The van der Waals surface area contributed by atoms with Gasteiger partial charge in [-0.25, -0.2) is 9.18 Å². The first-order chi connectivity index (χ1) is 17.4. The Labute approximate surface area is 212 Å². The number of nitrogens with one attached hydrogen (secondary N) is 1. The standard InChI is InChI=1S/C27H27FN4O3S/c1-18-16-30(11-12-31(18)27(34)29-22-4-3-5-23(15-22)35-2)25(33)24-14-20-10-13-36-26(20)32(24)17-19-6-8-21(28)9-7-19/h3-10,13-15,18H,11-12,16-17H2,1-2H3,(H,29,34). The topological polar surface area (TPSA) is 66.8 Å². The molecule has 7 nitrogen and oxygen atoms in total. The molecule has 9 heteroatoms. The Balaban J connectivity index is 1.30. The first-order valence-electron chi connectivity index (χ1n) is 11.7. The van der Waals surface area contributed by atoms with Crippen molar-refractivity contribution in [2.24, 2.45) is 0 Å². The number of aromatic nitrogens is 1. The highest BCUT2D eigenvalue weighted by Gasteiger charge is 2.32. The van der Waals surface area contributed by atoms with Crippen LogP contribution in [-0.2, 0) is 6.54 Å². The van der Waals surface area contributed by atoms with Crippen LogP contribution in [0.15, 0.2) is 66.0 Å². The maximum atomic E-state index is 13.6. The lowest BCUT2D eigenvalue weighted by atomic mass is 10.1. The number of hydrogen-bond acceptors (Lipinski definition) is 4. The van der Waals surface area contributed by atoms with Gasteiger partial charge in [-0.2, -0.15) is 0 Å². The second-order valence-corrected chi connectivity index (χ2v) is 9.77. The van der Waals surface area contributed by atoms with E-state index in [1.807, 2.05) is 47.2 Å². The van der Waals surface area contributed by atoms with E-state index in [0.717, 1.165) is 15.8 Å². The summed E-state index contributed by atoms with van der Waals surface area (Å²) < 4.78 is 20.6.